The number of benzene rings is 1. The van der Waals surface area contributed by atoms with E-state index in [0.29, 0.717) is 25.1 Å². The third-order valence-electron chi connectivity index (χ3n) is 4.72. The second-order valence-electron chi connectivity index (χ2n) is 6.09. The first kappa shape index (κ1) is 16.7. The topological polar surface area (TPSA) is 70.8 Å². The van der Waals surface area contributed by atoms with E-state index in [1.165, 1.54) is 13.4 Å². The van der Waals surface area contributed by atoms with Gasteiger partial charge in [0.2, 0.25) is 0 Å². The van der Waals surface area contributed by atoms with E-state index in [4.69, 9.17) is 19.9 Å². The molecule has 3 rings (SSSR count). The standard InChI is InChI=1S/C19H23NO4/c1-22-19(21)17-12-24-18(23-11-13-5-3-2-4-6-13)9-16-14(10-20)7-8-15(16)17/h2-7,12,15-16,18H,8-11,20H2,1H3. The highest BCUT2D eigenvalue weighted by Crippen LogP contribution is 2.42. The van der Waals surface area contributed by atoms with E-state index in [1.54, 1.807) is 0 Å². The largest absolute Gasteiger partial charge is 0.472 e. The molecule has 3 unspecified atom stereocenters. The maximum Gasteiger partial charge on any atom is 0.337 e. The van der Waals surface area contributed by atoms with Gasteiger partial charge in [0.1, 0.15) is 0 Å². The van der Waals surface area contributed by atoms with Crippen molar-refractivity contribution in [2.45, 2.75) is 25.7 Å². The number of nitrogens with two attached hydrogens (primary N) is 1. The van der Waals surface area contributed by atoms with Gasteiger partial charge in [-0.15, -0.1) is 0 Å². The summed E-state index contributed by atoms with van der Waals surface area (Å²) in [6, 6.07) is 9.94. The molecular weight excluding hydrogens is 306 g/mol. The van der Waals surface area contributed by atoms with Crippen LogP contribution in [0.25, 0.3) is 0 Å². The van der Waals surface area contributed by atoms with Crippen molar-refractivity contribution in [3.8, 4) is 0 Å². The van der Waals surface area contributed by atoms with Gasteiger partial charge >= 0.3 is 5.97 Å². The number of hydrogen-bond acceptors (Lipinski definition) is 5. The molecule has 0 saturated carbocycles. The zero-order valence-electron chi connectivity index (χ0n) is 13.8. The Balaban J connectivity index is 1.74. The molecule has 0 radical (unpaired) electrons. The smallest absolute Gasteiger partial charge is 0.337 e. The Hall–Kier alpha value is -2.11. The molecule has 1 heterocycles. The summed E-state index contributed by atoms with van der Waals surface area (Å²) in [5.41, 5.74) is 8.68. The van der Waals surface area contributed by atoms with Crippen molar-refractivity contribution >= 4 is 5.97 Å². The van der Waals surface area contributed by atoms with Crippen molar-refractivity contribution in [1.82, 2.24) is 0 Å². The first-order chi connectivity index (χ1) is 11.7. The van der Waals surface area contributed by atoms with Crippen LogP contribution in [0.5, 0.6) is 0 Å². The van der Waals surface area contributed by atoms with Gasteiger partial charge in [-0.1, -0.05) is 42.0 Å². The molecule has 1 aliphatic heterocycles. The summed E-state index contributed by atoms with van der Waals surface area (Å²) in [4.78, 5) is 12.1. The van der Waals surface area contributed by atoms with Crippen LogP contribution in [0.3, 0.4) is 0 Å². The third-order valence-corrected chi connectivity index (χ3v) is 4.72. The van der Waals surface area contributed by atoms with Gasteiger partial charge in [-0.2, -0.15) is 0 Å². The Bertz CT molecular complexity index is 638. The minimum absolute atomic E-state index is 0.0568. The predicted octanol–water partition coefficient (Wildman–Crippen LogP) is 2.53. The summed E-state index contributed by atoms with van der Waals surface area (Å²) < 4.78 is 16.6. The normalized spacial score (nSPS) is 25.8. The van der Waals surface area contributed by atoms with Crippen molar-refractivity contribution in [3.63, 3.8) is 0 Å². The van der Waals surface area contributed by atoms with Crippen molar-refractivity contribution < 1.29 is 19.0 Å². The van der Waals surface area contributed by atoms with Crippen molar-refractivity contribution in [3.05, 3.63) is 59.4 Å². The molecule has 0 aromatic heterocycles. The van der Waals surface area contributed by atoms with E-state index < -0.39 is 6.29 Å². The number of carbonyl (C=O) groups is 1. The van der Waals surface area contributed by atoms with Gasteiger partial charge in [0.25, 0.3) is 0 Å². The lowest BCUT2D eigenvalue weighted by atomic mass is 9.83. The second-order valence-corrected chi connectivity index (χ2v) is 6.09. The molecule has 0 saturated heterocycles. The van der Waals surface area contributed by atoms with Gasteiger partial charge in [-0.25, -0.2) is 4.79 Å². The van der Waals surface area contributed by atoms with Gasteiger partial charge in [0.15, 0.2) is 6.29 Å². The van der Waals surface area contributed by atoms with Crippen LogP contribution in [0.2, 0.25) is 0 Å². The Morgan fingerprint density at radius 1 is 1.29 bits per heavy atom. The summed E-state index contributed by atoms with van der Waals surface area (Å²) in [6.45, 7) is 0.951. The number of allylic oxidation sites excluding steroid dienone is 1. The van der Waals surface area contributed by atoms with Crippen LogP contribution < -0.4 is 5.73 Å². The van der Waals surface area contributed by atoms with Gasteiger partial charge in [-0.05, 0) is 17.9 Å². The number of fused-ring (bicyclic) bond motifs is 1. The molecule has 2 N–H and O–H groups in total. The van der Waals surface area contributed by atoms with Crippen LogP contribution >= 0.6 is 0 Å². The van der Waals surface area contributed by atoms with E-state index >= 15 is 0 Å². The SMILES string of the molecule is COC(=O)C1=COC(OCc2ccccc2)CC2C(CN)=CCC12. The zero-order chi connectivity index (χ0) is 16.9. The average molecular weight is 329 g/mol. The minimum atomic E-state index is -0.409. The van der Waals surface area contributed by atoms with E-state index in [2.05, 4.69) is 6.08 Å². The maximum atomic E-state index is 12.1. The highest BCUT2D eigenvalue weighted by atomic mass is 16.7. The van der Waals surface area contributed by atoms with Crippen molar-refractivity contribution in [2.24, 2.45) is 17.6 Å². The number of carbonyl (C=O) groups excluding carboxylic acids is 1. The van der Waals surface area contributed by atoms with Crippen molar-refractivity contribution in [1.29, 1.82) is 0 Å². The molecule has 1 aromatic carbocycles. The molecule has 1 aromatic rings. The first-order valence-electron chi connectivity index (χ1n) is 8.21. The van der Waals surface area contributed by atoms with E-state index in [9.17, 15) is 4.79 Å². The number of methoxy groups -OCH3 is 1. The predicted molar refractivity (Wildman–Crippen MR) is 89.6 cm³/mol. The molecule has 0 spiro atoms. The van der Waals surface area contributed by atoms with Crippen molar-refractivity contribution in [2.75, 3.05) is 13.7 Å². The molecule has 0 bridgehead atoms. The zero-order valence-corrected chi connectivity index (χ0v) is 13.8. The molecule has 2 aliphatic rings. The quantitative estimate of drug-likeness (QED) is 0.664. The Labute approximate surface area is 142 Å². The lowest BCUT2D eigenvalue weighted by Gasteiger charge is -2.23. The number of ether oxygens (including phenoxy) is 3. The average Bonchev–Trinajstić information content (AvgIpc) is 2.93. The van der Waals surface area contributed by atoms with Crippen LogP contribution in [0.15, 0.2) is 53.8 Å². The first-order valence-corrected chi connectivity index (χ1v) is 8.21. The Morgan fingerprint density at radius 3 is 2.79 bits per heavy atom. The fraction of sp³-hybridized carbons (Fsp3) is 0.421. The number of rotatable bonds is 5. The number of hydrogen-bond donors (Lipinski definition) is 1. The van der Waals surface area contributed by atoms with Gasteiger partial charge in [0, 0.05) is 18.9 Å². The van der Waals surface area contributed by atoms with Crippen LogP contribution in [0, 0.1) is 11.8 Å². The molecule has 128 valence electrons. The minimum Gasteiger partial charge on any atom is -0.472 e. The second kappa shape index (κ2) is 7.64. The summed E-state index contributed by atoms with van der Waals surface area (Å²) >= 11 is 0. The van der Waals surface area contributed by atoms with Crippen LogP contribution in [-0.4, -0.2) is 25.9 Å². The highest BCUT2D eigenvalue weighted by Gasteiger charge is 2.39. The molecular formula is C19H23NO4. The summed E-state index contributed by atoms with van der Waals surface area (Å²) in [5, 5.41) is 0. The maximum absolute atomic E-state index is 12.1. The molecule has 5 heteroatoms. The van der Waals surface area contributed by atoms with Crippen LogP contribution in [0.4, 0.5) is 0 Å². The van der Waals surface area contributed by atoms with E-state index in [-0.39, 0.29) is 17.8 Å². The molecule has 5 nitrogen and oxygen atoms in total. The van der Waals surface area contributed by atoms with Crippen LogP contribution in [0.1, 0.15) is 18.4 Å². The molecule has 24 heavy (non-hydrogen) atoms. The fourth-order valence-corrected chi connectivity index (χ4v) is 3.43. The monoisotopic (exact) mass is 329 g/mol. The Morgan fingerprint density at radius 2 is 2.08 bits per heavy atom. The summed E-state index contributed by atoms with van der Waals surface area (Å²) in [5.74, 6) is -0.134. The number of esters is 1. The summed E-state index contributed by atoms with van der Waals surface area (Å²) in [7, 11) is 1.39. The lowest BCUT2D eigenvalue weighted by molar-refractivity contribution is -0.137. The molecule has 0 amide bonds. The summed E-state index contributed by atoms with van der Waals surface area (Å²) in [6.07, 6.45) is 4.70. The van der Waals surface area contributed by atoms with Gasteiger partial charge < -0.3 is 19.9 Å². The van der Waals surface area contributed by atoms with Crippen LogP contribution in [-0.2, 0) is 25.6 Å². The van der Waals surface area contributed by atoms with E-state index in [0.717, 1.165) is 17.6 Å². The molecule has 3 atom stereocenters. The van der Waals surface area contributed by atoms with Gasteiger partial charge in [-0.3, -0.25) is 0 Å². The molecule has 0 fully saturated rings. The lowest BCUT2D eigenvalue weighted by Crippen LogP contribution is -2.24. The fourth-order valence-electron chi connectivity index (χ4n) is 3.43. The third kappa shape index (κ3) is 3.52. The highest BCUT2D eigenvalue weighted by molar-refractivity contribution is 5.89. The Kier molecular flexibility index (Phi) is 5.33. The molecule has 1 aliphatic carbocycles. The van der Waals surface area contributed by atoms with Gasteiger partial charge in [0.05, 0.1) is 25.6 Å². The van der Waals surface area contributed by atoms with E-state index in [1.807, 2.05) is 30.3 Å².